The highest BCUT2D eigenvalue weighted by Crippen LogP contribution is 2.24. The molecule has 2 amide bonds. The van der Waals surface area contributed by atoms with Crippen molar-refractivity contribution >= 4 is 34.8 Å². The Morgan fingerprint density at radius 1 is 0.612 bits per heavy atom. The minimum Gasteiger partial charge on any atom is -0.366 e. The monoisotopic (exact) mass is 650 g/mol. The molecule has 0 saturated carbocycles. The van der Waals surface area contributed by atoms with E-state index in [-0.39, 0.29) is 5.91 Å². The van der Waals surface area contributed by atoms with Crippen molar-refractivity contribution in [3.63, 3.8) is 0 Å². The molecule has 10 nitrogen and oxygen atoms in total. The predicted molar refractivity (Wildman–Crippen MR) is 195 cm³/mol. The molecule has 2 aromatic heterocycles. The zero-order valence-corrected chi connectivity index (χ0v) is 27.6. The summed E-state index contributed by atoms with van der Waals surface area (Å²) in [6, 6.07) is 34.4. The van der Waals surface area contributed by atoms with Gasteiger partial charge in [-0.3, -0.25) is 9.59 Å². The molecule has 0 fully saturated rings. The number of anilines is 4. The van der Waals surface area contributed by atoms with E-state index in [0.29, 0.717) is 29.3 Å². The van der Waals surface area contributed by atoms with Gasteiger partial charge in [0.05, 0.1) is 11.4 Å². The van der Waals surface area contributed by atoms with Gasteiger partial charge in [0.25, 0.3) is 5.91 Å². The summed E-state index contributed by atoms with van der Waals surface area (Å²) in [7, 11) is 0. The normalized spacial score (nSPS) is 10.3. The third-order valence-electron chi connectivity index (χ3n) is 7.38. The highest BCUT2D eigenvalue weighted by molar-refractivity contribution is 5.95. The topological polar surface area (TPSA) is 148 Å². The Balaban J connectivity index is 0.000000192. The van der Waals surface area contributed by atoms with Gasteiger partial charge in [-0.15, -0.1) is 0 Å². The van der Waals surface area contributed by atoms with Crippen LogP contribution in [0.15, 0.2) is 122 Å². The second-order valence-electron chi connectivity index (χ2n) is 11.3. The lowest BCUT2D eigenvalue weighted by atomic mass is 10.1. The number of primary amides is 1. The zero-order chi connectivity index (χ0) is 34.6. The number of rotatable bonds is 10. The summed E-state index contributed by atoms with van der Waals surface area (Å²) in [5, 5.41) is 9.40. The van der Waals surface area contributed by atoms with Crippen LogP contribution in [0, 0.1) is 13.8 Å². The fourth-order valence-electron chi connectivity index (χ4n) is 4.73. The largest absolute Gasteiger partial charge is 0.366 e. The van der Waals surface area contributed by atoms with Crippen molar-refractivity contribution in [2.75, 3.05) is 17.2 Å². The van der Waals surface area contributed by atoms with Crippen molar-refractivity contribution in [2.45, 2.75) is 27.2 Å². The maximum Gasteiger partial charge on any atom is 0.251 e. The van der Waals surface area contributed by atoms with Gasteiger partial charge in [-0.2, -0.15) is 0 Å². The second-order valence-corrected chi connectivity index (χ2v) is 11.3. The van der Waals surface area contributed by atoms with Crippen molar-refractivity contribution in [1.29, 1.82) is 0 Å². The van der Waals surface area contributed by atoms with Gasteiger partial charge in [0.1, 0.15) is 24.3 Å². The fraction of sp³-hybridized carbons (Fsp3) is 0.128. The van der Waals surface area contributed by atoms with E-state index in [1.54, 1.807) is 24.3 Å². The van der Waals surface area contributed by atoms with E-state index in [2.05, 4.69) is 42.8 Å². The van der Waals surface area contributed by atoms with Crippen molar-refractivity contribution in [3.05, 3.63) is 144 Å². The Bertz CT molecular complexity index is 2030. The van der Waals surface area contributed by atoms with Crippen LogP contribution in [0.4, 0.5) is 23.0 Å². The molecule has 0 saturated heterocycles. The molecule has 0 bridgehead atoms. The van der Waals surface area contributed by atoms with Gasteiger partial charge in [-0.1, -0.05) is 66.6 Å². The minimum absolute atomic E-state index is 0.0687. The number of amides is 2. The van der Waals surface area contributed by atoms with E-state index < -0.39 is 5.91 Å². The van der Waals surface area contributed by atoms with Crippen LogP contribution in [-0.2, 0) is 0 Å². The van der Waals surface area contributed by atoms with E-state index in [9.17, 15) is 9.59 Å². The molecular formula is C39H38N8O2. The van der Waals surface area contributed by atoms with Crippen molar-refractivity contribution in [1.82, 2.24) is 25.3 Å². The molecule has 6 aromatic rings. The van der Waals surface area contributed by atoms with E-state index >= 15 is 0 Å². The molecule has 6 rings (SSSR count). The fourth-order valence-corrected chi connectivity index (χ4v) is 4.73. The molecule has 0 aliphatic heterocycles. The van der Waals surface area contributed by atoms with Gasteiger partial charge in [0, 0.05) is 52.3 Å². The number of hydrogen-bond acceptors (Lipinski definition) is 8. The van der Waals surface area contributed by atoms with Crippen molar-refractivity contribution in [2.24, 2.45) is 5.73 Å². The summed E-state index contributed by atoms with van der Waals surface area (Å²) in [4.78, 5) is 40.6. The van der Waals surface area contributed by atoms with Gasteiger partial charge in [-0.05, 0) is 68.8 Å². The molecule has 49 heavy (non-hydrogen) atoms. The summed E-state index contributed by atoms with van der Waals surface area (Å²) in [6.07, 6.45) is 3.92. The van der Waals surface area contributed by atoms with Gasteiger partial charge in [0.2, 0.25) is 5.91 Å². The minimum atomic E-state index is -0.459. The molecular weight excluding hydrogens is 612 g/mol. The summed E-state index contributed by atoms with van der Waals surface area (Å²) >= 11 is 0. The van der Waals surface area contributed by atoms with Crippen molar-refractivity contribution in [3.8, 4) is 22.5 Å². The number of carbonyl (C=O) groups is 2. The van der Waals surface area contributed by atoms with Crippen LogP contribution >= 0.6 is 0 Å². The molecule has 0 unspecified atom stereocenters. The molecule has 0 radical (unpaired) electrons. The average molecular weight is 651 g/mol. The maximum atomic E-state index is 12.2. The number of nitrogens with two attached hydrogens (primary N) is 1. The lowest BCUT2D eigenvalue weighted by Gasteiger charge is -2.09. The molecule has 0 aliphatic rings. The Labute approximate surface area is 285 Å². The molecule has 0 atom stereocenters. The summed E-state index contributed by atoms with van der Waals surface area (Å²) in [5.74, 6) is 0.864. The molecule has 4 aromatic carbocycles. The predicted octanol–water partition coefficient (Wildman–Crippen LogP) is 7.63. The molecule has 0 spiro atoms. The number of carbonyl (C=O) groups excluding carboxylic acids is 2. The van der Waals surface area contributed by atoms with Crippen LogP contribution in [-0.4, -0.2) is 38.3 Å². The quantitative estimate of drug-likeness (QED) is 0.118. The van der Waals surface area contributed by atoms with E-state index in [1.165, 1.54) is 23.8 Å². The molecule has 246 valence electrons. The number of benzene rings is 4. The Kier molecular flexibility index (Phi) is 11.4. The highest BCUT2D eigenvalue weighted by atomic mass is 16.2. The summed E-state index contributed by atoms with van der Waals surface area (Å²) < 4.78 is 0. The summed E-state index contributed by atoms with van der Waals surface area (Å²) in [6.45, 7) is 6.79. The van der Waals surface area contributed by atoms with Gasteiger partial charge < -0.3 is 21.7 Å². The molecule has 5 N–H and O–H groups in total. The third kappa shape index (κ3) is 9.79. The number of aromatic nitrogens is 4. The smallest absolute Gasteiger partial charge is 0.251 e. The first kappa shape index (κ1) is 33.9. The second kappa shape index (κ2) is 16.4. The van der Waals surface area contributed by atoms with Crippen LogP contribution in [0.3, 0.4) is 0 Å². The van der Waals surface area contributed by atoms with Gasteiger partial charge in [-0.25, -0.2) is 19.9 Å². The number of aryl methyl sites for hydroxylation is 2. The average Bonchev–Trinajstić information content (AvgIpc) is 3.13. The Morgan fingerprint density at radius 3 is 1.55 bits per heavy atom. The van der Waals surface area contributed by atoms with Crippen LogP contribution in [0.2, 0.25) is 0 Å². The van der Waals surface area contributed by atoms with Gasteiger partial charge >= 0.3 is 0 Å². The first-order valence-corrected chi connectivity index (χ1v) is 15.9. The third-order valence-corrected chi connectivity index (χ3v) is 7.38. The molecule has 10 heteroatoms. The van der Waals surface area contributed by atoms with E-state index in [1.807, 2.05) is 98.8 Å². The van der Waals surface area contributed by atoms with Crippen LogP contribution < -0.4 is 21.7 Å². The number of nitrogens with one attached hydrogen (secondary N) is 3. The van der Waals surface area contributed by atoms with Crippen LogP contribution in [0.1, 0.15) is 45.2 Å². The van der Waals surface area contributed by atoms with Crippen LogP contribution in [0.5, 0.6) is 0 Å². The Hall–Kier alpha value is -6.42. The first-order valence-electron chi connectivity index (χ1n) is 15.9. The standard InChI is InChI=1S/C21H22N4O.C18H16N4O/c1-3-11-22-21(26)17-6-4-5-16(12-17)19-13-20(24-14-23-19)25-18-9-7-15(2)8-10-18;1-12-5-7-15(8-6-12)22-17-10-16(20-11-21-17)13-3-2-4-14(9-13)18(19)23/h4-10,12-14H,3,11H2,1-2H3,(H,22,26)(H,23,24,25);2-11H,1H3,(H2,19,23)(H,20,21,22). The zero-order valence-electron chi connectivity index (χ0n) is 27.6. The van der Waals surface area contributed by atoms with Gasteiger partial charge in [0.15, 0.2) is 0 Å². The van der Waals surface area contributed by atoms with E-state index in [0.717, 1.165) is 40.3 Å². The number of nitrogens with zero attached hydrogens (tertiary/aromatic N) is 4. The van der Waals surface area contributed by atoms with E-state index in [4.69, 9.17) is 5.73 Å². The van der Waals surface area contributed by atoms with Crippen molar-refractivity contribution < 1.29 is 9.59 Å². The molecule has 2 heterocycles. The first-order chi connectivity index (χ1) is 23.8. The highest BCUT2D eigenvalue weighted by Gasteiger charge is 2.09. The Morgan fingerprint density at radius 2 is 1.08 bits per heavy atom. The van der Waals surface area contributed by atoms with Crippen LogP contribution in [0.25, 0.3) is 22.5 Å². The maximum absolute atomic E-state index is 12.2. The number of hydrogen-bond donors (Lipinski definition) is 4. The lowest BCUT2D eigenvalue weighted by Crippen LogP contribution is -2.23. The SMILES string of the molecule is CCCNC(=O)c1cccc(-c2cc(Nc3ccc(C)cc3)ncn2)c1.Cc1ccc(Nc2cc(-c3cccc(C(N)=O)c3)ncn2)cc1. The molecule has 0 aliphatic carbocycles. The summed E-state index contributed by atoms with van der Waals surface area (Å²) in [5.41, 5.74) is 13.9. The lowest BCUT2D eigenvalue weighted by molar-refractivity contribution is 0.0952.